The molecule has 3 aromatic heterocycles. The van der Waals surface area contributed by atoms with Gasteiger partial charge in [0.05, 0.1) is 10.6 Å². The summed E-state index contributed by atoms with van der Waals surface area (Å²) in [5.41, 5.74) is 5.21. The first-order valence-corrected chi connectivity index (χ1v) is 14.3. The standard InChI is InChI=1S/C28H32N4O4S/c1-20-9-8-15-32-19-25(31-27(20)32)21-11-13-23(14-12-21)30-28(34)26-22(10-6-4-3-5-7-16-33)17-24(18-29-26)37(2,35)36/h8-9,11-15,17-19,33H,3-7,10,16H2,1-2H3,(H,30,34). The molecule has 194 valence electrons. The average molecular weight is 521 g/mol. The molecule has 0 saturated carbocycles. The molecule has 0 unspecified atom stereocenters. The number of aryl methyl sites for hydroxylation is 2. The molecule has 1 aromatic carbocycles. The number of amides is 1. The number of carbonyl (C=O) groups is 1. The minimum atomic E-state index is -3.44. The zero-order chi connectivity index (χ0) is 26.4. The number of hydrogen-bond acceptors (Lipinski definition) is 6. The van der Waals surface area contributed by atoms with E-state index in [9.17, 15) is 13.2 Å². The smallest absolute Gasteiger partial charge is 0.274 e. The maximum atomic E-state index is 13.1. The van der Waals surface area contributed by atoms with E-state index in [1.807, 2.05) is 60.1 Å². The van der Waals surface area contributed by atoms with Crippen LogP contribution in [0.2, 0.25) is 0 Å². The van der Waals surface area contributed by atoms with Gasteiger partial charge in [-0.3, -0.25) is 4.79 Å². The summed E-state index contributed by atoms with van der Waals surface area (Å²) in [6.45, 7) is 2.21. The Hall–Kier alpha value is -3.56. The summed E-state index contributed by atoms with van der Waals surface area (Å²) in [5, 5.41) is 11.8. The summed E-state index contributed by atoms with van der Waals surface area (Å²) in [6, 6.07) is 13.0. The summed E-state index contributed by atoms with van der Waals surface area (Å²) in [5.74, 6) is -0.383. The molecule has 0 spiro atoms. The number of pyridine rings is 2. The number of unbranched alkanes of at least 4 members (excludes halogenated alkanes) is 4. The lowest BCUT2D eigenvalue weighted by molar-refractivity contribution is 0.102. The summed E-state index contributed by atoms with van der Waals surface area (Å²) < 4.78 is 26.1. The Kier molecular flexibility index (Phi) is 8.35. The van der Waals surface area contributed by atoms with Crippen molar-refractivity contribution in [2.45, 2.75) is 50.3 Å². The van der Waals surface area contributed by atoms with Crippen LogP contribution in [0.25, 0.3) is 16.9 Å². The molecule has 0 saturated heterocycles. The number of imidazole rings is 1. The molecule has 37 heavy (non-hydrogen) atoms. The van der Waals surface area contributed by atoms with Crippen molar-refractivity contribution >= 4 is 27.1 Å². The number of anilines is 1. The maximum Gasteiger partial charge on any atom is 0.274 e. The number of carbonyl (C=O) groups excluding carboxylic acids is 1. The molecular formula is C28H32N4O4S. The molecule has 0 radical (unpaired) electrons. The first-order chi connectivity index (χ1) is 17.8. The zero-order valence-corrected chi connectivity index (χ0v) is 22.0. The number of sulfone groups is 1. The first-order valence-electron chi connectivity index (χ1n) is 12.4. The maximum absolute atomic E-state index is 13.1. The summed E-state index contributed by atoms with van der Waals surface area (Å²) in [4.78, 5) is 22.2. The van der Waals surface area contributed by atoms with Crippen molar-refractivity contribution in [1.29, 1.82) is 0 Å². The minimum absolute atomic E-state index is 0.103. The van der Waals surface area contributed by atoms with Crippen molar-refractivity contribution in [2.75, 3.05) is 18.2 Å². The second-order valence-electron chi connectivity index (χ2n) is 9.27. The van der Waals surface area contributed by atoms with Gasteiger partial charge >= 0.3 is 0 Å². The Morgan fingerprint density at radius 3 is 2.49 bits per heavy atom. The highest BCUT2D eigenvalue weighted by Gasteiger charge is 2.18. The van der Waals surface area contributed by atoms with Crippen LogP contribution < -0.4 is 5.32 Å². The van der Waals surface area contributed by atoms with E-state index in [-0.39, 0.29) is 23.1 Å². The van der Waals surface area contributed by atoms with Gasteiger partial charge in [-0.05, 0) is 61.6 Å². The molecule has 4 aromatic rings. The Morgan fingerprint density at radius 2 is 1.78 bits per heavy atom. The predicted molar refractivity (Wildman–Crippen MR) is 145 cm³/mol. The number of hydrogen-bond donors (Lipinski definition) is 2. The molecule has 0 aliphatic heterocycles. The molecule has 0 aliphatic carbocycles. The Bertz CT molecular complexity index is 1490. The summed E-state index contributed by atoms with van der Waals surface area (Å²) >= 11 is 0. The lowest BCUT2D eigenvalue weighted by Gasteiger charge is -2.11. The molecular weight excluding hydrogens is 488 g/mol. The van der Waals surface area contributed by atoms with Gasteiger partial charge in [0.1, 0.15) is 11.3 Å². The fourth-order valence-electron chi connectivity index (χ4n) is 4.25. The highest BCUT2D eigenvalue weighted by Crippen LogP contribution is 2.23. The topological polar surface area (TPSA) is 114 Å². The van der Waals surface area contributed by atoms with Gasteiger partial charge in [-0.1, -0.05) is 37.5 Å². The van der Waals surface area contributed by atoms with Crippen LogP contribution in [0.3, 0.4) is 0 Å². The van der Waals surface area contributed by atoms with Gasteiger partial charge in [0.25, 0.3) is 5.91 Å². The van der Waals surface area contributed by atoms with Gasteiger partial charge in [-0.25, -0.2) is 18.4 Å². The van der Waals surface area contributed by atoms with Crippen LogP contribution in [0.15, 0.2) is 66.0 Å². The largest absolute Gasteiger partial charge is 0.396 e. The number of rotatable bonds is 11. The number of aromatic nitrogens is 3. The van der Waals surface area contributed by atoms with E-state index < -0.39 is 9.84 Å². The predicted octanol–water partition coefficient (Wildman–Crippen LogP) is 4.85. The lowest BCUT2D eigenvalue weighted by atomic mass is 10.0. The van der Waals surface area contributed by atoms with Crippen LogP contribution in [-0.4, -0.2) is 46.7 Å². The normalized spacial score (nSPS) is 11.6. The SMILES string of the molecule is Cc1cccn2cc(-c3ccc(NC(=O)c4ncc(S(C)(=O)=O)cc4CCCCCCCO)cc3)nc12. The number of aliphatic hydroxyl groups is 1. The van der Waals surface area contributed by atoms with Gasteiger partial charge < -0.3 is 14.8 Å². The monoisotopic (exact) mass is 520 g/mol. The Morgan fingerprint density at radius 1 is 1.05 bits per heavy atom. The molecule has 0 bridgehead atoms. The molecule has 0 aliphatic rings. The number of nitrogens with one attached hydrogen (secondary N) is 1. The lowest BCUT2D eigenvalue weighted by Crippen LogP contribution is -2.17. The fourth-order valence-corrected chi connectivity index (χ4v) is 4.85. The number of benzene rings is 1. The van der Waals surface area contributed by atoms with Crippen LogP contribution in [0.5, 0.6) is 0 Å². The number of nitrogens with zero attached hydrogens (tertiary/aromatic N) is 3. The van der Waals surface area contributed by atoms with E-state index in [0.717, 1.165) is 60.8 Å². The van der Waals surface area contributed by atoms with E-state index in [1.165, 1.54) is 6.20 Å². The molecule has 0 fully saturated rings. The van der Waals surface area contributed by atoms with E-state index >= 15 is 0 Å². The highest BCUT2D eigenvalue weighted by atomic mass is 32.2. The third kappa shape index (κ3) is 6.61. The first kappa shape index (κ1) is 26.5. The van der Waals surface area contributed by atoms with E-state index in [0.29, 0.717) is 17.7 Å². The van der Waals surface area contributed by atoms with E-state index in [2.05, 4.69) is 10.3 Å². The van der Waals surface area contributed by atoms with Crippen LogP contribution in [0, 0.1) is 6.92 Å². The van der Waals surface area contributed by atoms with Gasteiger partial charge in [-0.2, -0.15) is 0 Å². The molecule has 2 N–H and O–H groups in total. The molecule has 8 nitrogen and oxygen atoms in total. The molecule has 9 heteroatoms. The van der Waals surface area contributed by atoms with Crippen molar-refractivity contribution in [3.05, 3.63) is 77.9 Å². The zero-order valence-electron chi connectivity index (χ0n) is 21.1. The highest BCUT2D eigenvalue weighted by molar-refractivity contribution is 7.90. The second kappa shape index (κ2) is 11.7. The van der Waals surface area contributed by atoms with Crippen LogP contribution in [0.1, 0.15) is 53.7 Å². The van der Waals surface area contributed by atoms with Crippen molar-refractivity contribution < 1.29 is 18.3 Å². The van der Waals surface area contributed by atoms with Crippen LogP contribution in [0.4, 0.5) is 5.69 Å². The third-order valence-corrected chi connectivity index (χ3v) is 7.38. The van der Waals surface area contributed by atoms with E-state index in [4.69, 9.17) is 10.1 Å². The quantitative estimate of drug-likeness (QED) is 0.274. The fraction of sp³-hybridized carbons (Fsp3) is 0.321. The van der Waals surface area contributed by atoms with Crippen molar-refractivity contribution in [1.82, 2.24) is 14.4 Å². The van der Waals surface area contributed by atoms with Crippen molar-refractivity contribution in [3.8, 4) is 11.3 Å². The third-order valence-electron chi connectivity index (χ3n) is 6.31. The van der Waals surface area contributed by atoms with Crippen LogP contribution >= 0.6 is 0 Å². The molecule has 4 rings (SSSR count). The molecule has 0 atom stereocenters. The Labute approximate surface area is 217 Å². The van der Waals surface area contributed by atoms with Crippen LogP contribution in [-0.2, 0) is 16.3 Å². The second-order valence-corrected chi connectivity index (χ2v) is 11.3. The molecule has 3 heterocycles. The van der Waals surface area contributed by atoms with Crippen molar-refractivity contribution in [3.63, 3.8) is 0 Å². The number of aliphatic hydroxyl groups excluding tert-OH is 1. The van der Waals surface area contributed by atoms with Gasteiger partial charge in [0, 0.05) is 42.7 Å². The average Bonchev–Trinajstić information content (AvgIpc) is 3.32. The Balaban J connectivity index is 1.49. The summed E-state index contributed by atoms with van der Waals surface area (Å²) in [7, 11) is -3.44. The van der Waals surface area contributed by atoms with Gasteiger partial charge in [0.2, 0.25) is 0 Å². The minimum Gasteiger partial charge on any atom is -0.396 e. The molecule has 1 amide bonds. The van der Waals surface area contributed by atoms with Gasteiger partial charge in [-0.15, -0.1) is 0 Å². The van der Waals surface area contributed by atoms with Gasteiger partial charge in [0.15, 0.2) is 9.84 Å². The number of fused-ring (bicyclic) bond motifs is 1. The summed E-state index contributed by atoms with van der Waals surface area (Å²) in [6.07, 6.45) is 11.3. The van der Waals surface area contributed by atoms with E-state index in [1.54, 1.807) is 6.07 Å². The van der Waals surface area contributed by atoms with Crippen molar-refractivity contribution in [2.24, 2.45) is 0 Å².